The van der Waals surface area contributed by atoms with E-state index in [0.29, 0.717) is 5.69 Å². The average Bonchev–Trinajstić information content (AvgIpc) is 2.74. The van der Waals surface area contributed by atoms with Gasteiger partial charge in [-0.05, 0) is 41.1 Å². The van der Waals surface area contributed by atoms with Gasteiger partial charge in [0.25, 0.3) is 0 Å². The maximum atomic E-state index is 12.6. The molecule has 5 aromatic rings. The minimum Gasteiger partial charge on any atom is -0.308 e. The van der Waals surface area contributed by atoms with Crippen LogP contribution in [0.3, 0.4) is 0 Å². The molecular weight excluding hydrogens is 348 g/mol. The van der Waals surface area contributed by atoms with Crippen LogP contribution < -0.4 is 10.6 Å². The van der Waals surface area contributed by atoms with Gasteiger partial charge in [0.05, 0.1) is 16.7 Å². The first-order chi connectivity index (χ1) is 13.8. The van der Waals surface area contributed by atoms with Crippen LogP contribution in [-0.4, -0.2) is 16.0 Å². The molecule has 2 amide bonds. The fraction of sp³-hybridized carbons (Fsp3) is 0. The first-order valence-corrected chi connectivity index (χ1v) is 8.97. The van der Waals surface area contributed by atoms with Crippen LogP contribution in [0.5, 0.6) is 0 Å². The number of fused-ring (bicyclic) bond motifs is 4. The average molecular weight is 364 g/mol. The molecule has 0 unspecified atom stereocenters. The Kier molecular flexibility index (Phi) is 3.84. The predicted octanol–water partition coefficient (Wildman–Crippen LogP) is 5.58. The summed E-state index contributed by atoms with van der Waals surface area (Å²) >= 11 is 0. The first-order valence-electron chi connectivity index (χ1n) is 8.97. The van der Waals surface area contributed by atoms with E-state index in [1.54, 1.807) is 12.4 Å². The van der Waals surface area contributed by atoms with Gasteiger partial charge in [0.2, 0.25) is 0 Å². The zero-order chi connectivity index (χ0) is 18.9. The highest BCUT2D eigenvalue weighted by atomic mass is 16.2. The Balaban J connectivity index is 1.49. The number of carbonyl (C=O) groups excluding carboxylic acids is 1. The van der Waals surface area contributed by atoms with Crippen molar-refractivity contribution in [2.24, 2.45) is 0 Å². The number of anilines is 2. The molecule has 0 fully saturated rings. The Hall–Kier alpha value is -3.99. The van der Waals surface area contributed by atoms with E-state index in [0.717, 1.165) is 38.3 Å². The zero-order valence-corrected chi connectivity index (χ0v) is 14.9. The lowest BCUT2D eigenvalue weighted by Crippen LogP contribution is -2.19. The van der Waals surface area contributed by atoms with Gasteiger partial charge >= 0.3 is 6.03 Å². The van der Waals surface area contributed by atoms with Crippen LogP contribution in [0, 0.1) is 0 Å². The second-order valence-electron chi connectivity index (χ2n) is 6.53. The molecule has 0 spiro atoms. The number of urea groups is 1. The molecule has 2 heterocycles. The van der Waals surface area contributed by atoms with Crippen molar-refractivity contribution < 1.29 is 4.79 Å². The van der Waals surface area contributed by atoms with E-state index in [9.17, 15) is 4.79 Å². The Bertz CT molecular complexity index is 1350. The standard InChI is InChI=1S/C23H16N4O/c28-23(26-17-10-9-15-5-1-2-6-16(15)13-17)27-21-14-20-18(7-3-11-24-20)19-8-4-12-25-22(19)21/h1-14H,(H2,26,27,28). The topological polar surface area (TPSA) is 66.9 Å². The number of benzene rings is 3. The van der Waals surface area contributed by atoms with Crippen molar-refractivity contribution in [3.05, 3.63) is 85.2 Å². The van der Waals surface area contributed by atoms with Crippen molar-refractivity contribution in [2.45, 2.75) is 0 Å². The summed E-state index contributed by atoms with van der Waals surface area (Å²) in [5.74, 6) is 0. The van der Waals surface area contributed by atoms with E-state index in [1.165, 1.54) is 0 Å². The van der Waals surface area contributed by atoms with Gasteiger partial charge in [-0.15, -0.1) is 0 Å². The quantitative estimate of drug-likeness (QED) is 0.402. The predicted molar refractivity (Wildman–Crippen MR) is 114 cm³/mol. The monoisotopic (exact) mass is 364 g/mol. The summed E-state index contributed by atoms with van der Waals surface area (Å²) in [5.41, 5.74) is 2.90. The summed E-state index contributed by atoms with van der Waals surface area (Å²) in [5, 5.41) is 9.98. The normalized spacial score (nSPS) is 11.0. The molecule has 2 N–H and O–H groups in total. The van der Waals surface area contributed by atoms with Gasteiger partial charge in [0.15, 0.2) is 0 Å². The van der Waals surface area contributed by atoms with Crippen molar-refractivity contribution in [2.75, 3.05) is 10.6 Å². The second-order valence-corrected chi connectivity index (χ2v) is 6.53. The molecule has 0 saturated carbocycles. The summed E-state index contributed by atoms with van der Waals surface area (Å²) in [6.07, 6.45) is 3.46. The number of aromatic nitrogens is 2. The number of pyridine rings is 2. The van der Waals surface area contributed by atoms with Crippen molar-refractivity contribution in [1.29, 1.82) is 0 Å². The molecule has 0 aliphatic carbocycles. The van der Waals surface area contributed by atoms with Gasteiger partial charge in [-0.3, -0.25) is 9.97 Å². The fourth-order valence-corrected chi connectivity index (χ4v) is 3.45. The number of nitrogens with zero attached hydrogens (tertiary/aromatic N) is 2. The molecule has 28 heavy (non-hydrogen) atoms. The van der Waals surface area contributed by atoms with E-state index in [-0.39, 0.29) is 6.03 Å². The van der Waals surface area contributed by atoms with Crippen LogP contribution in [-0.2, 0) is 0 Å². The van der Waals surface area contributed by atoms with Crippen LogP contribution in [0.25, 0.3) is 32.6 Å². The van der Waals surface area contributed by atoms with Crippen molar-refractivity contribution in [3.8, 4) is 0 Å². The van der Waals surface area contributed by atoms with Gasteiger partial charge in [0.1, 0.15) is 0 Å². The van der Waals surface area contributed by atoms with E-state index in [4.69, 9.17) is 0 Å². The zero-order valence-electron chi connectivity index (χ0n) is 14.9. The smallest absolute Gasteiger partial charge is 0.308 e. The number of nitrogens with one attached hydrogen (secondary N) is 2. The van der Waals surface area contributed by atoms with E-state index in [2.05, 4.69) is 20.6 Å². The Labute approximate surface area is 161 Å². The maximum absolute atomic E-state index is 12.6. The fourth-order valence-electron chi connectivity index (χ4n) is 3.45. The number of rotatable bonds is 2. The molecule has 0 aliphatic heterocycles. The second kappa shape index (κ2) is 6.63. The molecule has 0 radical (unpaired) electrons. The molecule has 5 heteroatoms. The van der Waals surface area contributed by atoms with E-state index >= 15 is 0 Å². The number of hydrogen-bond donors (Lipinski definition) is 2. The summed E-state index contributed by atoms with van der Waals surface area (Å²) in [7, 11) is 0. The molecule has 134 valence electrons. The SMILES string of the molecule is O=C(Nc1ccc2ccccc2c1)Nc1cc2ncccc2c2cccnc12. The molecule has 0 bridgehead atoms. The van der Waals surface area contributed by atoms with Crippen molar-refractivity contribution in [1.82, 2.24) is 9.97 Å². The van der Waals surface area contributed by atoms with E-state index < -0.39 is 0 Å². The molecule has 3 aromatic carbocycles. The van der Waals surface area contributed by atoms with Crippen LogP contribution in [0.2, 0.25) is 0 Å². The highest BCUT2D eigenvalue weighted by molar-refractivity contribution is 6.14. The van der Waals surface area contributed by atoms with Gasteiger partial charge in [-0.25, -0.2) is 4.79 Å². The first kappa shape index (κ1) is 16.2. The van der Waals surface area contributed by atoms with Gasteiger partial charge < -0.3 is 10.6 Å². The Morgan fingerprint density at radius 1 is 0.714 bits per heavy atom. The van der Waals surface area contributed by atoms with E-state index in [1.807, 2.05) is 72.8 Å². The lowest BCUT2D eigenvalue weighted by molar-refractivity contribution is 0.262. The van der Waals surface area contributed by atoms with Crippen LogP contribution in [0.1, 0.15) is 0 Å². The third-order valence-electron chi connectivity index (χ3n) is 4.73. The van der Waals surface area contributed by atoms with Crippen LogP contribution >= 0.6 is 0 Å². The van der Waals surface area contributed by atoms with Gasteiger partial charge in [-0.1, -0.05) is 42.5 Å². The minimum atomic E-state index is -0.322. The molecule has 2 aromatic heterocycles. The molecule has 5 rings (SSSR count). The molecule has 0 saturated heterocycles. The lowest BCUT2D eigenvalue weighted by Gasteiger charge is -2.12. The molecule has 0 atom stereocenters. The molecule has 5 nitrogen and oxygen atoms in total. The molecule has 0 aliphatic rings. The Morgan fingerprint density at radius 2 is 1.50 bits per heavy atom. The van der Waals surface area contributed by atoms with Gasteiger partial charge in [0, 0.05) is 28.9 Å². The van der Waals surface area contributed by atoms with Crippen LogP contribution in [0.4, 0.5) is 16.2 Å². The highest BCUT2D eigenvalue weighted by Gasteiger charge is 2.11. The largest absolute Gasteiger partial charge is 0.323 e. The van der Waals surface area contributed by atoms with Crippen molar-refractivity contribution in [3.63, 3.8) is 0 Å². The summed E-state index contributed by atoms with van der Waals surface area (Å²) in [4.78, 5) is 21.5. The maximum Gasteiger partial charge on any atom is 0.323 e. The number of carbonyl (C=O) groups is 1. The summed E-state index contributed by atoms with van der Waals surface area (Å²) in [6.45, 7) is 0. The lowest BCUT2D eigenvalue weighted by atomic mass is 10.1. The van der Waals surface area contributed by atoms with Gasteiger partial charge in [-0.2, -0.15) is 0 Å². The minimum absolute atomic E-state index is 0.322. The summed E-state index contributed by atoms with van der Waals surface area (Å²) < 4.78 is 0. The van der Waals surface area contributed by atoms with Crippen LogP contribution in [0.15, 0.2) is 85.2 Å². The number of hydrogen-bond acceptors (Lipinski definition) is 3. The summed E-state index contributed by atoms with van der Waals surface area (Å²) in [6, 6.07) is 23.2. The highest BCUT2D eigenvalue weighted by Crippen LogP contribution is 2.29. The Morgan fingerprint density at radius 3 is 2.39 bits per heavy atom. The molecular formula is C23H16N4O. The third-order valence-corrected chi connectivity index (χ3v) is 4.73. The van der Waals surface area contributed by atoms with Crippen molar-refractivity contribution >= 4 is 50.0 Å². The third kappa shape index (κ3) is 2.89. The number of amides is 2.